The van der Waals surface area contributed by atoms with E-state index in [2.05, 4.69) is 17.2 Å². The SMILES string of the molecule is CC(Nc1ncc(N)s1)C1CCOC1. The summed E-state index contributed by atoms with van der Waals surface area (Å²) in [6.07, 6.45) is 2.82. The molecular weight excluding hydrogens is 198 g/mol. The maximum absolute atomic E-state index is 5.60. The molecule has 0 amide bonds. The number of anilines is 2. The third-order valence-electron chi connectivity index (χ3n) is 2.55. The molecule has 1 saturated heterocycles. The Hall–Kier alpha value is -0.810. The predicted octanol–water partition coefficient (Wildman–Crippen LogP) is 1.56. The summed E-state index contributed by atoms with van der Waals surface area (Å²) in [5.41, 5.74) is 5.60. The first-order chi connectivity index (χ1) is 6.75. The van der Waals surface area contributed by atoms with Gasteiger partial charge in [0.25, 0.3) is 0 Å². The van der Waals surface area contributed by atoms with Gasteiger partial charge in [0.05, 0.1) is 12.8 Å². The molecule has 2 heterocycles. The Morgan fingerprint density at radius 1 is 1.79 bits per heavy atom. The summed E-state index contributed by atoms with van der Waals surface area (Å²) < 4.78 is 5.34. The Kier molecular flexibility index (Phi) is 2.88. The van der Waals surface area contributed by atoms with Crippen molar-refractivity contribution in [2.75, 3.05) is 24.3 Å². The molecule has 0 radical (unpaired) electrons. The van der Waals surface area contributed by atoms with Crippen molar-refractivity contribution in [3.05, 3.63) is 6.20 Å². The van der Waals surface area contributed by atoms with Gasteiger partial charge in [0, 0.05) is 18.6 Å². The van der Waals surface area contributed by atoms with Crippen molar-refractivity contribution in [3.8, 4) is 0 Å². The largest absolute Gasteiger partial charge is 0.389 e. The monoisotopic (exact) mass is 213 g/mol. The fourth-order valence-electron chi connectivity index (χ4n) is 1.61. The molecule has 0 aromatic carbocycles. The molecule has 14 heavy (non-hydrogen) atoms. The van der Waals surface area contributed by atoms with E-state index in [-0.39, 0.29) is 0 Å². The Balaban J connectivity index is 1.90. The number of hydrogen-bond donors (Lipinski definition) is 2. The third-order valence-corrected chi connectivity index (χ3v) is 3.30. The van der Waals surface area contributed by atoms with Gasteiger partial charge in [-0.15, -0.1) is 0 Å². The van der Waals surface area contributed by atoms with Gasteiger partial charge >= 0.3 is 0 Å². The van der Waals surface area contributed by atoms with Gasteiger partial charge in [0.15, 0.2) is 5.13 Å². The van der Waals surface area contributed by atoms with Gasteiger partial charge in [0.2, 0.25) is 0 Å². The topological polar surface area (TPSA) is 60.2 Å². The minimum Gasteiger partial charge on any atom is -0.389 e. The fraction of sp³-hybridized carbons (Fsp3) is 0.667. The first-order valence-corrected chi connectivity index (χ1v) is 5.63. The summed E-state index contributed by atoms with van der Waals surface area (Å²) in [4.78, 5) is 4.17. The van der Waals surface area contributed by atoms with Crippen LogP contribution in [-0.4, -0.2) is 24.2 Å². The lowest BCUT2D eigenvalue weighted by Gasteiger charge is -2.18. The Bertz CT molecular complexity index is 296. The lowest BCUT2D eigenvalue weighted by molar-refractivity contribution is 0.183. The number of aromatic nitrogens is 1. The second kappa shape index (κ2) is 4.14. The zero-order valence-electron chi connectivity index (χ0n) is 8.19. The Labute approximate surface area is 87.5 Å². The lowest BCUT2D eigenvalue weighted by Crippen LogP contribution is -2.25. The molecule has 1 aromatic rings. The third kappa shape index (κ3) is 2.16. The van der Waals surface area contributed by atoms with E-state index >= 15 is 0 Å². The molecule has 1 fully saturated rings. The molecule has 2 rings (SSSR count). The van der Waals surface area contributed by atoms with Crippen molar-refractivity contribution in [1.82, 2.24) is 4.98 Å². The van der Waals surface area contributed by atoms with Gasteiger partial charge in [-0.3, -0.25) is 0 Å². The highest BCUT2D eigenvalue weighted by atomic mass is 32.1. The number of nitrogens with two attached hydrogens (primary N) is 1. The molecule has 5 heteroatoms. The molecule has 78 valence electrons. The quantitative estimate of drug-likeness (QED) is 0.800. The highest BCUT2D eigenvalue weighted by Crippen LogP contribution is 2.24. The van der Waals surface area contributed by atoms with Crippen molar-refractivity contribution >= 4 is 21.5 Å². The average molecular weight is 213 g/mol. The van der Waals surface area contributed by atoms with Crippen molar-refractivity contribution in [1.29, 1.82) is 0 Å². The molecular formula is C9H15N3OS. The molecule has 2 atom stereocenters. The molecule has 0 spiro atoms. The van der Waals surface area contributed by atoms with E-state index in [1.54, 1.807) is 6.20 Å². The highest BCUT2D eigenvalue weighted by Gasteiger charge is 2.22. The summed E-state index contributed by atoms with van der Waals surface area (Å²) in [6.45, 7) is 3.91. The number of ether oxygens (including phenoxy) is 1. The van der Waals surface area contributed by atoms with E-state index < -0.39 is 0 Å². The van der Waals surface area contributed by atoms with Crippen LogP contribution in [0.1, 0.15) is 13.3 Å². The van der Waals surface area contributed by atoms with Gasteiger partial charge in [-0.1, -0.05) is 11.3 Å². The number of hydrogen-bond acceptors (Lipinski definition) is 5. The van der Waals surface area contributed by atoms with E-state index in [1.807, 2.05) is 0 Å². The highest BCUT2D eigenvalue weighted by molar-refractivity contribution is 7.19. The zero-order valence-corrected chi connectivity index (χ0v) is 9.01. The van der Waals surface area contributed by atoms with E-state index in [0.717, 1.165) is 29.8 Å². The molecule has 4 nitrogen and oxygen atoms in total. The molecule has 1 aliphatic rings. The maximum Gasteiger partial charge on any atom is 0.184 e. The Morgan fingerprint density at radius 3 is 3.21 bits per heavy atom. The normalized spacial score (nSPS) is 23.6. The van der Waals surface area contributed by atoms with Crippen LogP contribution < -0.4 is 11.1 Å². The number of thiazole rings is 1. The van der Waals surface area contributed by atoms with Crippen molar-refractivity contribution in [2.45, 2.75) is 19.4 Å². The van der Waals surface area contributed by atoms with Gasteiger partial charge in [0.1, 0.15) is 5.00 Å². The van der Waals surface area contributed by atoms with Crippen molar-refractivity contribution in [2.24, 2.45) is 5.92 Å². The molecule has 2 unspecified atom stereocenters. The first kappa shape index (κ1) is 9.73. The number of nitrogens with one attached hydrogen (secondary N) is 1. The van der Waals surface area contributed by atoms with Gasteiger partial charge in [-0.2, -0.15) is 0 Å². The van der Waals surface area contributed by atoms with Crippen LogP contribution in [0, 0.1) is 5.92 Å². The van der Waals surface area contributed by atoms with Gasteiger partial charge in [-0.25, -0.2) is 4.98 Å². The van der Waals surface area contributed by atoms with E-state index in [1.165, 1.54) is 11.3 Å². The second-order valence-corrected chi connectivity index (χ2v) is 4.69. The smallest absolute Gasteiger partial charge is 0.184 e. The van der Waals surface area contributed by atoms with Crippen LogP contribution in [0.4, 0.5) is 10.1 Å². The average Bonchev–Trinajstić information content (AvgIpc) is 2.75. The maximum atomic E-state index is 5.60. The van der Waals surface area contributed by atoms with E-state index in [4.69, 9.17) is 10.5 Å². The fourth-order valence-corrected chi connectivity index (χ4v) is 2.29. The van der Waals surface area contributed by atoms with Crippen LogP contribution in [0.3, 0.4) is 0 Å². The van der Waals surface area contributed by atoms with Gasteiger partial charge in [-0.05, 0) is 13.3 Å². The molecule has 0 saturated carbocycles. The van der Waals surface area contributed by atoms with Crippen LogP contribution in [-0.2, 0) is 4.74 Å². The minimum absolute atomic E-state index is 0.406. The van der Waals surface area contributed by atoms with E-state index in [0.29, 0.717) is 12.0 Å². The minimum atomic E-state index is 0.406. The number of nitrogen functional groups attached to an aromatic ring is 1. The predicted molar refractivity (Wildman–Crippen MR) is 58.5 cm³/mol. The van der Waals surface area contributed by atoms with E-state index in [9.17, 15) is 0 Å². The zero-order chi connectivity index (χ0) is 9.97. The van der Waals surface area contributed by atoms with Crippen LogP contribution in [0.5, 0.6) is 0 Å². The second-order valence-electron chi connectivity index (χ2n) is 3.62. The summed E-state index contributed by atoms with van der Waals surface area (Å²) in [7, 11) is 0. The molecule has 0 bridgehead atoms. The number of rotatable bonds is 3. The summed E-state index contributed by atoms with van der Waals surface area (Å²) in [5, 5.41) is 5.01. The van der Waals surface area contributed by atoms with Crippen LogP contribution >= 0.6 is 11.3 Å². The van der Waals surface area contributed by atoms with Gasteiger partial charge < -0.3 is 15.8 Å². The Morgan fingerprint density at radius 2 is 2.64 bits per heavy atom. The lowest BCUT2D eigenvalue weighted by atomic mass is 10.0. The standard InChI is InChI=1S/C9H15N3OS/c1-6(7-2-3-13-5-7)12-9-11-4-8(10)14-9/h4,6-7H,2-3,5,10H2,1H3,(H,11,12). The van der Waals surface area contributed by atoms with Crippen LogP contribution in [0.25, 0.3) is 0 Å². The van der Waals surface area contributed by atoms with Crippen LogP contribution in [0.2, 0.25) is 0 Å². The molecule has 3 N–H and O–H groups in total. The van der Waals surface area contributed by atoms with Crippen LogP contribution in [0.15, 0.2) is 6.20 Å². The van der Waals surface area contributed by atoms with Crippen molar-refractivity contribution < 1.29 is 4.74 Å². The summed E-state index contributed by atoms with van der Waals surface area (Å²) >= 11 is 1.49. The summed E-state index contributed by atoms with van der Waals surface area (Å²) in [6, 6.07) is 0.406. The number of nitrogens with zero attached hydrogens (tertiary/aromatic N) is 1. The molecule has 0 aliphatic carbocycles. The molecule has 1 aromatic heterocycles. The van der Waals surface area contributed by atoms with Crippen molar-refractivity contribution in [3.63, 3.8) is 0 Å². The molecule has 1 aliphatic heterocycles. The summed E-state index contributed by atoms with van der Waals surface area (Å²) in [5.74, 6) is 0.597. The first-order valence-electron chi connectivity index (χ1n) is 4.81.